The van der Waals surface area contributed by atoms with Gasteiger partial charge in [-0.2, -0.15) is 4.98 Å². The monoisotopic (exact) mass is 286 g/mol. The van der Waals surface area contributed by atoms with E-state index in [2.05, 4.69) is 15.1 Å². The normalized spacial score (nSPS) is 10.6. The van der Waals surface area contributed by atoms with Crippen LogP contribution in [0.5, 0.6) is 5.75 Å². The molecule has 2 heterocycles. The van der Waals surface area contributed by atoms with Gasteiger partial charge in [-0.3, -0.25) is 0 Å². The van der Waals surface area contributed by atoms with Crippen molar-refractivity contribution in [3.63, 3.8) is 0 Å². The first-order valence-corrected chi connectivity index (χ1v) is 6.08. The molecular weight excluding hydrogens is 275 g/mol. The molecule has 0 amide bonds. The Kier molecular flexibility index (Phi) is 3.23. The molecule has 0 aliphatic rings. The van der Waals surface area contributed by atoms with E-state index in [-0.39, 0.29) is 11.6 Å². The van der Waals surface area contributed by atoms with Crippen LogP contribution < -0.4 is 10.5 Å². The second-order valence-corrected chi connectivity index (χ2v) is 4.22. The molecule has 0 radical (unpaired) electrons. The van der Waals surface area contributed by atoms with E-state index in [1.54, 1.807) is 24.3 Å². The lowest BCUT2D eigenvalue weighted by atomic mass is 10.2. The van der Waals surface area contributed by atoms with E-state index in [1.165, 1.54) is 19.2 Å². The number of ether oxygens (including phenoxy) is 1. The van der Waals surface area contributed by atoms with Crippen LogP contribution in [0.3, 0.4) is 0 Å². The summed E-state index contributed by atoms with van der Waals surface area (Å²) in [5, 5.41) is 3.85. The molecule has 0 saturated heterocycles. The highest BCUT2D eigenvalue weighted by Crippen LogP contribution is 2.26. The number of halogens is 1. The molecule has 2 aromatic heterocycles. The number of hydrogen-bond acceptors (Lipinski definition) is 6. The Morgan fingerprint density at radius 2 is 2.05 bits per heavy atom. The molecule has 0 fully saturated rings. The van der Waals surface area contributed by atoms with Crippen LogP contribution in [-0.2, 0) is 0 Å². The van der Waals surface area contributed by atoms with Crippen LogP contribution in [0.2, 0.25) is 0 Å². The molecule has 0 atom stereocenters. The van der Waals surface area contributed by atoms with E-state index in [0.717, 1.165) is 0 Å². The number of anilines is 1. The minimum absolute atomic E-state index is 0.112. The Morgan fingerprint density at radius 1 is 1.19 bits per heavy atom. The van der Waals surface area contributed by atoms with Crippen molar-refractivity contribution >= 4 is 5.82 Å². The molecule has 0 unspecified atom stereocenters. The van der Waals surface area contributed by atoms with Gasteiger partial charge >= 0.3 is 0 Å². The highest BCUT2D eigenvalue weighted by Gasteiger charge is 2.13. The lowest BCUT2D eigenvalue weighted by Crippen LogP contribution is -1.91. The fourth-order valence-electron chi connectivity index (χ4n) is 1.81. The molecule has 3 rings (SSSR count). The number of pyridine rings is 1. The summed E-state index contributed by atoms with van der Waals surface area (Å²) < 4.78 is 23.5. The van der Waals surface area contributed by atoms with Crippen LogP contribution >= 0.6 is 0 Å². The van der Waals surface area contributed by atoms with E-state index < -0.39 is 5.82 Å². The van der Waals surface area contributed by atoms with Gasteiger partial charge in [0.05, 0.1) is 7.11 Å². The van der Waals surface area contributed by atoms with Gasteiger partial charge < -0.3 is 15.0 Å². The molecule has 0 aliphatic heterocycles. The van der Waals surface area contributed by atoms with Gasteiger partial charge in [-0.1, -0.05) is 11.2 Å². The highest BCUT2D eigenvalue weighted by molar-refractivity contribution is 5.60. The first kappa shape index (κ1) is 13.0. The molecular formula is C14H11FN4O2. The summed E-state index contributed by atoms with van der Waals surface area (Å²) in [6.07, 6.45) is 0. The van der Waals surface area contributed by atoms with Crippen molar-refractivity contribution in [2.24, 2.45) is 0 Å². The Morgan fingerprint density at radius 3 is 2.81 bits per heavy atom. The van der Waals surface area contributed by atoms with E-state index >= 15 is 0 Å². The molecule has 0 saturated carbocycles. The molecule has 3 aromatic rings. The van der Waals surface area contributed by atoms with E-state index in [0.29, 0.717) is 22.9 Å². The van der Waals surface area contributed by atoms with Crippen LogP contribution in [0.1, 0.15) is 0 Å². The summed E-state index contributed by atoms with van der Waals surface area (Å²) in [6.45, 7) is 0. The molecule has 21 heavy (non-hydrogen) atoms. The number of benzene rings is 1. The maximum Gasteiger partial charge on any atom is 0.276 e. The predicted octanol–water partition coefficient (Wildman–Crippen LogP) is 2.53. The number of hydrogen-bond donors (Lipinski definition) is 1. The fourth-order valence-corrected chi connectivity index (χ4v) is 1.81. The van der Waals surface area contributed by atoms with Gasteiger partial charge in [0.2, 0.25) is 5.82 Å². The summed E-state index contributed by atoms with van der Waals surface area (Å²) >= 11 is 0. The third-order valence-corrected chi connectivity index (χ3v) is 2.83. The van der Waals surface area contributed by atoms with Crippen molar-refractivity contribution in [3.8, 4) is 28.7 Å². The van der Waals surface area contributed by atoms with E-state index in [4.69, 9.17) is 15.0 Å². The molecule has 6 nitrogen and oxygen atoms in total. The number of nitrogens with two attached hydrogens (primary N) is 1. The summed E-state index contributed by atoms with van der Waals surface area (Å²) in [7, 11) is 1.39. The summed E-state index contributed by atoms with van der Waals surface area (Å²) in [5.41, 5.74) is 6.66. The predicted molar refractivity (Wildman–Crippen MR) is 73.9 cm³/mol. The maximum absolute atomic E-state index is 13.4. The van der Waals surface area contributed by atoms with Gasteiger partial charge in [0.25, 0.3) is 5.89 Å². The summed E-state index contributed by atoms with van der Waals surface area (Å²) in [6, 6.07) is 9.42. The largest absolute Gasteiger partial charge is 0.494 e. The number of aromatic nitrogens is 3. The van der Waals surface area contributed by atoms with Crippen LogP contribution in [-0.4, -0.2) is 22.2 Å². The lowest BCUT2D eigenvalue weighted by Gasteiger charge is -2.02. The van der Waals surface area contributed by atoms with Crippen molar-refractivity contribution in [1.82, 2.24) is 15.1 Å². The average Bonchev–Trinajstić information content (AvgIpc) is 2.97. The molecule has 106 valence electrons. The first-order valence-electron chi connectivity index (χ1n) is 6.08. The van der Waals surface area contributed by atoms with Crippen LogP contribution in [0.15, 0.2) is 40.9 Å². The fraction of sp³-hybridized carbons (Fsp3) is 0.0714. The van der Waals surface area contributed by atoms with Crippen LogP contribution in [0.25, 0.3) is 23.0 Å². The number of nitrogen functional groups attached to an aromatic ring is 1. The molecule has 0 aliphatic carbocycles. The zero-order chi connectivity index (χ0) is 14.8. The number of nitrogens with zero attached hydrogens (tertiary/aromatic N) is 3. The minimum atomic E-state index is -0.456. The summed E-state index contributed by atoms with van der Waals surface area (Å²) in [5.74, 6) is 0.562. The second kappa shape index (κ2) is 5.20. The highest BCUT2D eigenvalue weighted by atomic mass is 19.1. The van der Waals surface area contributed by atoms with Gasteiger partial charge in [-0.15, -0.1) is 0 Å². The van der Waals surface area contributed by atoms with Crippen molar-refractivity contribution in [2.45, 2.75) is 0 Å². The van der Waals surface area contributed by atoms with Gasteiger partial charge in [0, 0.05) is 5.56 Å². The number of rotatable bonds is 3. The zero-order valence-electron chi connectivity index (χ0n) is 11.1. The molecule has 0 bridgehead atoms. The third-order valence-electron chi connectivity index (χ3n) is 2.83. The lowest BCUT2D eigenvalue weighted by molar-refractivity contribution is 0.386. The zero-order valence-corrected chi connectivity index (χ0v) is 11.1. The third kappa shape index (κ3) is 2.53. The van der Waals surface area contributed by atoms with Crippen molar-refractivity contribution < 1.29 is 13.7 Å². The van der Waals surface area contributed by atoms with Gasteiger partial charge in [-0.05, 0) is 30.3 Å². The molecule has 0 spiro atoms. The van der Waals surface area contributed by atoms with Crippen LogP contribution in [0, 0.1) is 5.82 Å². The Balaban J connectivity index is 1.98. The van der Waals surface area contributed by atoms with Crippen molar-refractivity contribution in [1.29, 1.82) is 0 Å². The Hall–Kier alpha value is -2.96. The second-order valence-electron chi connectivity index (χ2n) is 4.22. The van der Waals surface area contributed by atoms with Gasteiger partial charge in [0.1, 0.15) is 11.5 Å². The first-order chi connectivity index (χ1) is 10.2. The van der Waals surface area contributed by atoms with Crippen molar-refractivity contribution in [3.05, 3.63) is 42.2 Å². The van der Waals surface area contributed by atoms with Crippen LogP contribution in [0.4, 0.5) is 10.2 Å². The summed E-state index contributed by atoms with van der Waals surface area (Å²) in [4.78, 5) is 8.32. The Labute approximate surface area is 119 Å². The van der Waals surface area contributed by atoms with E-state index in [9.17, 15) is 4.39 Å². The quantitative estimate of drug-likeness (QED) is 0.796. The average molecular weight is 286 g/mol. The Bertz CT molecular complexity index is 788. The van der Waals surface area contributed by atoms with Crippen molar-refractivity contribution in [2.75, 3.05) is 12.8 Å². The number of methoxy groups -OCH3 is 1. The standard InChI is InChI=1S/C14H11FN4O2/c1-20-11-7-8(5-6-9(11)15)13-18-14(21-19-13)10-3-2-4-12(16)17-10/h2-7H,1H3,(H2,16,17). The smallest absolute Gasteiger partial charge is 0.276 e. The molecule has 7 heteroatoms. The topological polar surface area (TPSA) is 87.1 Å². The minimum Gasteiger partial charge on any atom is -0.494 e. The van der Waals surface area contributed by atoms with E-state index in [1.807, 2.05) is 0 Å². The SMILES string of the molecule is COc1cc(-c2noc(-c3cccc(N)n3)n2)ccc1F. The molecule has 1 aromatic carbocycles. The van der Waals surface area contributed by atoms with Gasteiger partial charge in [-0.25, -0.2) is 9.37 Å². The maximum atomic E-state index is 13.4. The van der Waals surface area contributed by atoms with Gasteiger partial charge in [0.15, 0.2) is 11.6 Å². The molecule has 2 N–H and O–H groups in total.